The van der Waals surface area contributed by atoms with Crippen molar-refractivity contribution in [3.8, 4) is 0 Å². The number of halogens is 1. The highest BCUT2D eigenvalue weighted by molar-refractivity contribution is 6.30. The van der Waals surface area contributed by atoms with E-state index in [0.717, 1.165) is 55.1 Å². The molecule has 1 aromatic carbocycles. The molecule has 1 aromatic heterocycles. The van der Waals surface area contributed by atoms with Crippen molar-refractivity contribution in [3.63, 3.8) is 0 Å². The fourth-order valence-electron chi connectivity index (χ4n) is 4.45. The van der Waals surface area contributed by atoms with Gasteiger partial charge in [0.25, 0.3) is 0 Å². The topological polar surface area (TPSA) is 95.6 Å². The molecule has 0 saturated carbocycles. The number of rotatable bonds is 5. The van der Waals surface area contributed by atoms with Gasteiger partial charge in [0.15, 0.2) is 0 Å². The predicted octanol–water partition coefficient (Wildman–Crippen LogP) is 2.06. The van der Waals surface area contributed by atoms with Crippen molar-refractivity contribution < 1.29 is 9.90 Å². The summed E-state index contributed by atoms with van der Waals surface area (Å²) in [4.78, 5) is 25.0. The van der Waals surface area contributed by atoms with Gasteiger partial charge in [-0.15, -0.1) is 0 Å². The Hall–Kier alpha value is -2.06. The third-order valence-electron chi connectivity index (χ3n) is 6.08. The number of hydrogen-bond donors (Lipinski definition) is 2. The Bertz CT molecular complexity index is 870. The maximum absolute atomic E-state index is 11.8. The standard InChI is InChI=1S/C21H26ClN5O2/c1-13-10-17(29)19-18(13)21(25-12-24-19)27-8-6-26(7-9-27)20(23)16(11-28)14-2-4-15(22)5-3-14/h2-5,11-13,16-17,20,29H,6-10,23H2,1H3/t13-,16?,17-,20?/m1/s1. The van der Waals surface area contributed by atoms with Crippen molar-refractivity contribution in [2.75, 3.05) is 31.1 Å². The molecular weight excluding hydrogens is 390 g/mol. The van der Waals surface area contributed by atoms with Crippen LogP contribution in [0, 0.1) is 0 Å². The van der Waals surface area contributed by atoms with E-state index in [1.807, 2.05) is 12.1 Å². The maximum atomic E-state index is 11.8. The van der Waals surface area contributed by atoms with E-state index >= 15 is 0 Å². The van der Waals surface area contributed by atoms with Crippen LogP contribution < -0.4 is 10.6 Å². The molecule has 1 saturated heterocycles. The lowest BCUT2D eigenvalue weighted by atomic mass is 9.96. The minimum atomic E-state index is -0.510. The molecule has 7 nitrogen and oxygen atoms in total. The molecular formula is C21H26ClN5O2. The Morgan fingerprint density at radius 1 is 1.21 bits per heavy atom. The highest BCUT2D eigenvalue weighted by Crippen LogP contribution is 2.42. The van der Waals surface area contributed by atoms with E-state index in [1.54, 1.807) is 12.1 Å². The van der Waals surface area contributed by atoms with Gasteiger partial charge in [-0.2, -0.15) is 0 Å². The Morgan fingerprint density at radius 2 is 1.90 bits per heavy atom. The zero-order valence-electron chi connectivity index (χ0n) is 16.4. The first-order chi connectivity index (χ1) is 14.0. The van der Waals surface area contributed by atoms with Crippen molar-refractivity contribution in [2.45, 2.75) is 37.5 Å². The summed E-state index contributed by atoms with van der Waals surface area (Å²) in [7, 11) is 0. The number of aliphatic hydroxyl groups excluding tert-OH is 1. The number of carbonyl (C=O) groups excluding carboxylic acids is 1. The Balaban J connectivity index is 1.46. The number of anilines is 1. The summed E-state index contributed by atoms with van der Waals surface area (Å²) in [6.45, 7) is 5.08. The normalized spacial score (nSPS) is 24.2. The summed E-state index contributed by atoms with van der Waals surface area (Å²) in [5.74, 6) is 0.745. The zero-order valence-corrected chi connectivity index (χ0v) is 17.2. The average Bonchev–Trinajstić information content (AvgIpc) is 3.04. The van der Waals surface area contributed by atoms with Crippen LogP contribution in [-0.2, 0) is 4.79 Å². The first kappa shape index (κ1) is 20.2. The van der Waals surface area contributed by atoms with E-state index in [2.05, 4.69) is 26.7 Å². The number of hydrogen-bond acceptors (Lipinski definition) is 7. The van der Waals surface area contributed by atoms with Crippen molar-refractivity contribution in [2.24, 2.45) is 5.73 Å². The molecule has 2 aromatic rings. The fraction of sp³-hybridized carbons (Fsp3) is 0.476. The van der Waals surface area contributed by atoms with Crippen LogP contribution in [0.1, 0.15) is 48.1 Å². The number of nitrogens with two attached hydrogens (primary N) is 1. The van der Waals surface area contributed by atoms with Gasteiger partial charge in [-0.3, -0.25) is 4.90 Å². The molecule has 3 N–H and O–H groups in total. The van der Waals surface area contributed by atoms with Gasteiger partial charge < -0.3 is 20.5 Å². The summed E-state index contributed by atoms with van der Waals surface area (Å²) < 4.78 is 0. The van der Waals surface area contributed by atoms with Crippen LogP contribution in [0.5, 0.6) is 0 Å². The second-order valence-corrected chi connectivity index (χ2v) is 8.31. The summed E-state index contributed by atoms with van der Waals surface area (Å²) in [6, 6.07) is 7.27. The molecule has 0 amide bonds. The van der Waals surface area contributed by atoms with Crippen LogP contribution in [0.25, 0.3) is 0 Å². The molecule has 1 aliphatic heterocycles. The Labute approximate surface area is 175 Å². The smallest absolute Gasteiger partial charge is 0.135 e. The number of benzene rings is 1. The molecule has 0 spiro atoms. The third kappa shape index (κ3) is 3.88. The van der Waals surface area contributed by atoms with Gasteiger partial charge in [-0.25, -0.2) is 9.97 Å². The zero-order chi connectivity index (χ0) is 20.5. The fourth-order valence-corrected chi connectivity index (χ4v) is 4.58. The minimum absolute atomic E-state index is 0.237. The number of aromatic nitrogens is 2. The number of piperazine rings is 1. The van der Waals surface area contributed by atoms with Gasteiger partial charge in [-0.05, 0) is 30.0 Å². The van der Waals surface area contributed by atoms with Crippen molar-refractivity contribution in [1.29, 1.82) is 0 Å². The van der Waals surface area contributed by atoms with E-state index in [1.165, 1.54) is 6.33 Å². The van der Waals surface area contributed by atoms with Crippen molar-refractivity contribution in [3.05, 3.63) is 52.4 Å². The summed E-state index contributed by atoms with van der Waals surface area (Å²) in [5, 5.41) is 10.9. The molecule has 2 heterocycles. The lowest BCUT2D eigenvalue weighted by Gasteiger charge is -2.40. The van der Waals surface area contributed by atoms with Crippen LogP contribution in [0.3, 0.4) is 0 Å². The van der Waals surface area contributed by atoms with Crippen LogP contribution in [0.2, 0.25) is 5.02 Å². The summed E-state index contributed by atoms with van der Waals surface area (Å²) in [6.07, 6.45) is 2.24. The van der Waals surface area contributed by atoms with E-state index in [-0.39, 0.29) is 5.92 Å². The predicted molar refractivity (Wildman–Crippen MR) is 112 cm³/mol. The molecule has 154 valence electrons. The SMILES string of the molecule is C[C@@H]1C[C@@H](O)c2ncnc(N3CCN(C(N)C(C=O)c4ccc(Cl)cc4)CC3)c21. The maximum Gasteiger partial charge on any atom is 0.135 e. The lowest BCUT2D eigenvalue weighted by Crippen LogP contribution is -2.55. The quantitative estimate of drug-likeness (QED) is 0.721. The van der Waals surface area contributed by atoms with E-state index in [4.69, 9.17) is 17.3 Å². The van der Waals surface area contributed by atoms with Crippen LogP contribution in [0.4, 0.5) is 5.82 Å². The molecule has 2 aliphatic rings. The van der Waals surface area contributed by atoms with Crippen molar-refractivity contribution >= 4 is 23.7 Å². The van der Waals surface area contributed by atoms with Crippen molar-refractivity contribution in [1.82, 2.24) is 14.9 Å². The number of nitrogens with zero attached hydrogens (tertiary/aromatic N) is 4. The highest BCUT2D eigenvalue weighted by atomic mass is 35.5. The third-order valence-corrected chi connectivity index (χ3v) is 6.34. The second kappa shape index (κ2) is 8.36. The number of fused-ring (bicyclic) bond motifs is 1. The molecule has 4 atom stereocenters. The molecule has 1 fully saturated rings. The van der Waals surface area contributed by atoms with Gasteiger partial charge >= 0.3 is 0 Å². The van der Waals surface area contributed by atoms with Gasteiger partial charge in [0.1, 0.15) is 18.4 Å². The van der Waals surface area contributed by atoms with E-state index in [9.17, 15) is 9.90 Å². The number of aliphatic hydroxyl groups is 1. The first-order valence-electron chi connectivity index (χ1n) is 9.97. The summed E-state index contributed by atoms with van der Waals surface area (Å²) >= 11 is 5.96. The molecule has 29 heavy (non-hydrogen) atoms. The Morgan fingerprint density at radius 3 is 2.55 bits per heavy atom. The Kier molecular flexibility index (Phi) is 5.83. The average molecular weight is 416 g/mol. The number of carbonyl (C=O) groups is 1. The molecule has 4 rings (SSSR count). The lowest BCUT2D eigenvalue weighted by molar-refractivity contribution is -0.110. The van der Waals surface area contributed by atoms with Crippen LogP contribution in [-0.4, -0.2) is 58.6 Å². The molecule has 2 unspecified atom stereocenters. The minimum Gasteiger partial charge on any atom is -0.387 e. The van der Waals surface area contributed by atoms with Gasteiger partial charge in [0.2, 0.25) is 0 Å². The van der Waals surface area contributed by atoms with E-state index < -0.39 is 18.2 Å². The molecule has 0 radical (unpaired) electrons. The molecule has 1 aliphatic carbocycles. The van der Waals surface area contributed by atoms with Gasteiger partial charge in [0.05, 0.1) is 23.9 Å². The number of aldehydes is 1. The highest BCUT2D eigenvalue weighted by Gasteiger charge is 2.34. The molecule has 8 heteroatoms. The van der Waals surface area contributed by atoms with Crippen LogP contribution in [0.15, 0.2) is 30.6 Å². The largest absolute Gasteiger partial charge is 0.387 e. The van der Waals surface area contributed by atoms with Gasteiger partial charge in [0, 0.05) is 36.8 Å². The molecule has 0 bridgehead atoms. The second-order valence-electron chi connectivity index (χ2n) is 7.88. The van der Waals surface area contributed by atoms with Gasteiger partial charge in [-0.1, -0.05) is 30.7 Å². The first-order valence-corrected chi connectivity index (χ1v) is 10.4. The van der Waals surface area contributed by atoms with E-state index in [0.29, 0.717) is 11.4 Å². The monoisotopic (exact) mass is 415 g/mol. The summed E-state index contributed by atoms with van der Waals surface area (Å²) in [5.41, 5.74) is 9.16. The van der Waals surface area contributed by atoms with Crippen LogP contribution >= 0.6 is 11.6 Å².